The largest absolute Gasteiger partial charge is 0.469 e. The molecule has 4 aromatic heterocycles. The highest BCUT2D eigenvalue weighted by Gasteiger charge is 2.31. The number of nitrogens with one attached hydrogen (secondary N) is 1. The number of aromatic nitrogens is 8. The quantitative estimate of drug-likeness (QED) is 0.0121. The van der Waals surface area contributed by atoms with Crippen molar-refractivity contribution in [3.63, 3.8) is 0 Å². The molecule has 36 heteroatoms. The van der Waals surface area contributed by atoms with Crippen molar-refractivity contribution in [2.24, 2.45) is 0 Å². The van der Waals surface area contributed by atoms with Gasteiger partial charge in [-0.25, -0.2) is 39.9 Å². The van der Waals surface area contributed by atoms with Crippen molar-refractivity contribution in [1.82, 2.24) is 39.9 Å². The minimum atomic E-state index is -4.46. The van der Waals surface area contributed by atoms with E-state index in [0.717, 1.165) is 69.4 Å². The summed E-state index contributed by atoms with van der Waals surface area (Å²) in [6.07, 6.45) is -2.51. The van der Waals surface area contributed by atoms with Crippen LogP contribution in [0.5, 0.6) is 0 Å². The Labute approximate surface area is 663 Å². The maximum absolute atomic E-state index is 12.7. The van der Waals surface area contributed by atoms with E-state index in [-0.39, 0.29) is 59.7 Å². The number of nitrogens with zero attached hydrogens (tertiary/aromatic N) is 17. The second kappa shape index (κ2) is 41.4. The molecule has 0 bridgehead atoms. The number of carbonyl (C=O) groups is 5. The van der Waals surface area contributed by atoms with Crippen LogP contribution in [-0.4, -0.2) is 207 Å². The number of nitro groups is 2. The SMILES string of the molecule is COC(=O)Cc1c(Cl)nc(Cc2ccc([N+](=O)[O-])cc2)nc1N(C)C.COC(=O)Cc1c(N(C)C)nc(Cc2ccc(N)cc2)nc1N(C)C.COC(=O)Cc1c(N(C)C)nc(Cc2ccc(NC(=O)c3ccc(C(F)(F)F)cc3)cc2)nc1N(C)C.COC(=O)Cc1c(N(C)C)nc(Cc2ccc([N+](=O)[O-])cc2)nc1N(C)C. The molecule has 606 valence electrons. The van der Waals surface area contributed by atoms with Crippen LogP contribution in [0, 0.1) is 20.2 Å². The number of carbonyl (C=O) groups excluding carboxylic acids is 5. The number of non-ortho nitro benzene ring substituents is 2. The number of alkyl halides is 3. The van der Waals surface area contributed by atoms with Crippen molar-refractivity contribution in [1.29, 1.82) is 0 Å². The van der Waals surface area contributed by atoms with E-state index in [1.54, 1.807) is 67.5 Å². The van der Waals surface area contributed by atoms with Crippen molar-refractivity contribution in [2.75, 3.05) is 172 Å². The maximum atomic E-state index is 12.7. The molecule has 9 rings (SSSR count). The number of esters is 4. The highest BCUT2D eigenvalue weighted by molar-refractivity contribution is 6.30. The summed E-state index contributed by atoms with van der Waals surface area (Å²) in [5, 5.41) is 24.4. The van der Waals surface area contributed by atoms with Gasteiger partial charge in [-0.3, -0.25) is 44.2 Å². The van der Waals surface area contributed by atoms with Crippen molar-refractivity contribution in [3.8, 4) is 0 Å². The van der Waals surface area contributed by atoms with E-state index in [1.165, 1.54) is 52.7 Å². The van der Waals surface area contributed by atoms with E-state index >= 15 is 0 Å². The summed E-state index contributed by atoms with van der Waals surface area (Å²) in [6.45, 7) is 0. The Bertz CT molecular complexity index is 4740. The first-order chi connectivity index (χ1) is 53.7. The van der Waals surface area contributed by atoms with Crippen LogP contribution in [0.15, 0.2) is 121 Å². The fraction of sp³-hybridized carbons (Fsp3) is 0.346. The van der Waals surface area contributed by atoms with Crippen LogP contribution in [0.3, 0.4) is 0 Å². The zero-order valence-corrected chi connectivity index (χ0v) is 67.5. The van der Waals surface area contributed by atoms with Crippen LogP contribution in [-0.2, 0) is 95.7 Å². The number of amides is 1. The molecule has 0 atom stereocenters. The number of methoxy groups -OCH3 is 4. The van der Waals surface area contributed by atoms with Crippen LogP contribution in [0.2, 0.25) is 5.15 Å². The number of hydrogen-bond donors (Lipinski definition) is 2. The third-order valence-electron chi connectivity index (χ3n) is 16.6. The smallest absolute Gasteiger partial charge is 0.416 e. The van der Waals surface area contributed by atoms with Crippen molar-refractivity contribution in [2.45, 2.75) is 57.5 Å². The second-order valence-corrected chi connectivity index (χ2v) is 27.2. The van der Waals surface area contributed by atoms with Gasteiger partial charge in [-0.15, -0.1) is 0 Å². The maximum Gasteiger partial charge on any atom is 0.416 e. The Hall–Kier alpha value is -13.0. The molecule has 0 fully saturated rings. The second-order valence-electron chi connectivity index (χ2n) is 26.8. The van der Waals surface area contributed by atoms with Crippen molar-refractivity contribution >= 4 is 105 Å². The van der Waals surface area contributed by atoms with Gasteiger partial charge in [0.15, 0.2) is 0 Å². The van der Waals surface area contributed by atoms with Crippen LogP contribution >= 0.6 is 11.6 Å². The highest BCUT2D eigenvalue weighted by atomic mass is 35.5. The van der Waals surface area contributed by atoms with Gasteiger partial charge >= 0.3 is 30.1 Å². The third-order valence-corrected chi connectivity index (χ3v) is 16.9. The van der Waals surface area contributed by atoms with E-state index in [0.29, 0.717) is 100 Å². The van der Waals surface area contributed by atoms with Gasteiger partial charge in [0.1, 0.15) is 69.2 Å². The molecule has 0 saturated heterocycles. The summed E-state index contributed by atoms with van der Waals surface area (Å²) in [5.74, 6) is 4.67. The number of nitrogen functional groups attached to an aromatic ring is 1. The predicted molar refractivity (Wildman–Crippen MR) is 430 cm³/mol. The first-order valence-electron chi connectivity index (χ1n) is 34.9. The third kappa shape index (κ3) is 26.1. The monoisotopic (exact) mass is 1600 g/mol. The molecule has 3 N–H and O–H groups in total. The van der Waals surface area contributed by atoms with Gasteiger partial charge in [0.05, 0.1) is 69.5 Å². The number of anilines is 9. The molecule has 0 unspecified atom stereocenters. The number of ether oxygens (including phenoxy) is 4. The molecule has 1 amide bonds. The first-order valence-corrected chi connectivity index (χ1v) is 35.2. The molecule has 9 aromatic rings. The van der Waals surface area contributed by atoms with Gasteiger partial charge in [0.25, 0.3) is 17.3 Å². The zero-order valence-electron chi connectivity index (χ0n) is 66.7. The lowest BCUT2D eigenvalue weighted by atomic mass is 10.1. The molecular weight excluding hydrogens is 1500 g/mol. The number of nitrogens with two attached hydrogens (primary N) is 1. The number of rotatable bonds is 27. The molecule has 32 nitrogen and oxygen atoms in total. The van der Waals surface area contributed by atoms with E-state index in [4.69, 9.17) is 31.5 Å². The number of benzene rings is 5. The Morgan fingerprint density at radius 2 is 0.640 bits per heavy atom. The van der Waals surface area contributed by atoms with E-state index in [9.17, 15) is 57.4 Å². The van der Waals surface area contributed by atoms with Crippen LogP contribution in [0.25, 0.3) is 0 Å². The van der Waals surface area contributed by atoms with Gasteiger partial charge in [-0.05, 0) is 70.8 Å². The molecule has 0 saturated carbocycles. The van der Waals surface area contributed by atoms with Crippen LogP contribution < -0.4 is 45.3 Å². The lowest BCUT2D eigenvalue weighted by molar-refractivity contribution is -0.385. The molecule has 0 aliphatic rings. The Morgan fingerprint density at radius 1 is 0.395 bits per heavy atom. The minimum absolute atomic E-state index is 0.0186. The van der Waals surface area contributed by atoms with Crippen LogP contribution in [0.4, 0.5) is 76.6 Å². The summed E-state index contributed by atoms with van der Waals surface area (Å²) >= 11 is 6.24. The summed E-state index contributed by atoms with van der Waals surface area (Å²) in [7, 11) is 31.2. The minimum Gasteiger partial charge on any atom is -0.469 e. The number of nitro benzene ring substituents is 2. The first kappa shape index (κ1) is 89.9. The summed E-state index contributed by atoms with van der Waals surface area (Å²) in [6, 6.07) is 31.1. The predicted octanol–water partition coefficient (Wildman–Crippen LogP) is 9.92. The average Bonchev–Trinajstić information content (AvgIpc) is 0.548. The molecule has 0 aliphatic heterocycles. The van der Waals surface area contributed by atoms with Gasteiger partial charge < -0.3 is 64.3 Å². The zero-order chi connectivity index (χ0) is 84.6. The lowest BCUT2D eigenvalue weighted by Crippen LogP contribution is -2.23. The molecule has 0 aliphatic carbocycles. The summed E-state index contributed by atoms with van der Waals surface area (Å²) in [5.41, 5.74) is 12.5. The molecule has 0 radical (unpaired) electrons. The van der Waals surface area contributed by atoms with Gasteiger partial charge in [-0.1, -0.05) is 60.1 Å². The summed E-state index contributed by atoms with van der Waals surface area (Å²) in [4.78, 5) is 130. The fourth-order valence-electron chi connectivity index (χ4n) is 11.0. The standard InChI is InChI=1S/C26H28F3N5O3.C18H23N5O4.C18H25N5O2.C16H17ClN4O4/c1-33(2)23-20(15-22(35)37-5)24(34(3)4)32-21(31-23)14-16-6-12-19(13-7-16)30-25(36)17-8-10-18(11-9-17)26(27,28)29;1-21(2)17-14(11-16(24)27-5)18(22(3)4)20-15(19-17)10-12-6-8-13(9-7-12)23(25)26;1-22(2)17-14(11-16(24)25-5)18(23(3)4)21-15(20-17)10-12-6-8-13(19)9-7-12;1-20(2)16-12(9-14(22)25-3)15(17)18-13(19-16)8-10-4-6-11(7-5-10)21(23)24/h6-13H,14-15H2,1-5H3,(H,30,36);6-9H,10-11H2,1-5H3;6-9H,10-11,19H2,1-5H3;4-7H,8-9H2,1-3H3. The lowest BCUT2D eigenvalue weighted by Gasteiger charge is -2.23. The van der Waals surface area contributed by atoms with E-state index < -0.39 is 39.4 Å². The topological polar surface area (TPSA) is 372 Å². The Kier molecular flexibility index (Phi) is 32.6. The van der Waals surface area contributed by atoms with Gasteiger partial charge in [0, 0.05) is 188 Å². The molecule has 0 spiro atoms. The normalized spacial score (nSPS) is 10.6. The molecular formula is C78H93ClF3N19O13. The van der Waals surface area contributed by atoms with Crippen LogP contribution in [0.1, 0.15) is 83.7 Å². The fourth-order valence-corrected chi connectivity index (χ4v) is 11.2. The Balaban J connectivity index is 0.000000240. The van der Waals surface area contributed by atoms with Crippen molar-refractivity contribution < 1.29 is 65.9 Å². The van der Waals surface area contributed by atoms with Gasteiger partial charge in [0.2, 0.25) is 0 Å². The van der Waals surface area contributed by atoms with E-state index in [2.05, 4.69) is 49.9 Å². The molecule has 4 heterocycles. The van der Waals surface area contributed by atoms with Crippen molar-refractivity contribution in [3.05, 3.63) is 226 Å². The molecule has 114 heavy (non-hydrogen) atoms. The summed E-state index contributed by atoms with van der Waals surface area (Å²) < 4.78 is 57.3. The highest BCUT2D eigenvalue weighted by Crippen LogP contribution is 2.33. The van der Waals surface area contributed by atoms with E-state index in [1.807, 2.05) is 138 Å². The molecule has 5 aromatic carbocycles. The Morgan fingerprint density at radius 3 is 0.895 bits per heavy atom. The number of halogens is 4. The average molecular weight is 1600 g/mol. The number of hydrogen-bond acceptors (Lipinski definition) is 29. The van der Waals surface area contributed by atoms with Gasteiger partial charge in [-0.2, -0.15) is 13.2 Å².